The number of unbranched alkanes of at least 4 members (excludes halogenated alkanes) is 1. The molecule has 1 aromatic carbocycles. The van der Waals surface area contributed by atoms with Gasteiger partial charge in [0.15, 0.2) is 0 Å². The minimum Gasteiger partial charge on any atom is -0.385 e. The van der Waals surface area contributed by atoms with E-state index in [0.717, 1.165) is 63.2 Å². The summed E-state index contributed by atoms with van der Waals surface area (Å²) in [5.41, 5.74) is 2.26. The first-order chi connectivity index (χ1) is 13.2. The predicted molar refractivity (Wildman–Crippen MR) is 109 cm³/mol. The maximum atomic E-state index is 12.4. The van der Waals surface area contributed by atoms with Crippen LogP contribution in [0.3, 0.4) is 0 Å². The molecule has 0 bridgehead atoms. The van der Waals surface area contributed by atoms with Gasteiger partial charge in [0.05, 0.1) is 11.0 Å². The highest BCUT2D eigenvalue weighted by Crippen LogP contribution is 2.27. The summed E-state index contributed by atoms with van der Waals surface area (Å²) in [5.74, 6) is 1.35. The lowest BCUT2D eigenvalue weighted by Crippen LogP contribution is -2.41. The van der Waals surface area contributed by atoms with Crippen molar-refractivity contribution >= 4 is 22.9 Å². The lowest BCUT2D eigenvalue weighted by atomic mass is 9.96. The quantitative estimate of drug-likeness (QED) is 0.687. The summed E-state index contributed by atoms with van der Waals surface area (Å²) in [4.78, 5) is 19.6. The van der Waals surface area contributed by atoms with Crippen molar-refractivity contribution in [1.29, 1.82) is 0 Å². The van der Waals surface area contributed by atoms with Crippen molar-refractivity contribution in [3.63, 3.8) is 0 Å². The first-order valence-electron chi connectivity index (χ1n) is 10.2. The number of benzene rings is 1. The number of methoxy groups -OCH3 is 1. The first-order valence-corrected chi connectivity index (χ1v) is 10.2. The van der Waals surface area contributed by atoms with Gasteiger partial charge in [0.1, 0.15) is 0 Å². The molecular formula is C21H32N4O2. The molecule has 1 aromatic heterocycles. The molecule has 1 N–H and O–H groups in total. The molecule has 1 saturated heterocycles. The number of ether oxygens (including phenoxy) is 1. The summed E-state index contributed by atoms with van der Waals surface area (Å²) in [6.07, 6.45) is 4.94. The van der Waals surface area contributed by atoms with E-state index in [4.69, 9.17) is 9.72 Å². The zero-order valence-corrected chi connectivity index (χ0v) is 16.6. The number of carbonyl (C=O) groups is 1. The molecule has 6 nitrogen and oxygen atoms in total. The van der Waals surface area contributed by atoms with Crippen molar-refractivity contribution in [1.82, 2.24) is 14.9 Å². The number of piperidine rings is 1. The van der Waals surface area contributed by atoms with Crippen LogP contribution in [0.1, 0.15) is 39.0 Å². The second kappa shape index (κ2) is 9.74. The molecule has 0 saturated carbocycles. The lowest BCUT2D eigenvalue weighted by Gasteiger charge is -2.32. The molecule has 1 amide bonds. The van der Waals surface area contributed by atoms with Crippen LogP contribution in [0, 0.1) is 5.92 Å². The Hall–Kier alpha value is -2.08. The molecule has 3 rings (SSSR count). The van der Waals surface area contributed by atoms with E-state index in [1.807, 2.05) is 6.07 Å². The SMILES string of the molecule is CCCCn1c(N2CCC(C(=O)NCCCOC)CC2)nc2ccccc21. The van der Waals surface area contributed by atoms with Gasteiger partial charge >= 0.3 is 0 Å². The average molecular weight is 373 g/mol. The Morgan fingerprint density at radius 2 is 2.04 bits per heavy atom. The number of hydrogen-bond donors (Lipinski definition) is 1. The molecule has 0 spiro atoms. The fourth-order valence-corrected chi connectivity index (χ4v) is 3.75. The Balaban J connectivity index is 1.63. The van der Waals surface area contributed by atoms with Crippen molar-refractivity contribution in [2.45, 2.75) is 45.6 Å². The largest absolute Gasteiger partial charge is 0.385 e. The van der Waals surface area contributed by atoms with Gasteiger partial charge in [-0.05, 0) is 37.8 Å². The van der Waals surface area contributed by atoms with Crippen LogP contribution >= 0.6 is 0 Å². The van der Waals surface area contributed by atoms with Crippen LogP contribution in [0.2, 0.25) is 0 Å². The first kappa shape index (κ1) is 19.7. The number of fused-ring (bicyclic) bond motifs is 1. The van der Waals surface area contributed by atoms with Crippen LogP contribution < -0.4 is 10.2 Å². The standard InChI is InChI=1S/C21H32N4O2/c1-3-4-13-25-19-9-6-5-8-18(19)23-21(25)24-14-10-17(11-15-24)20(26)22-12-7-16-27-2/h5-6,8-9,17H,3-4,7,10-16H2,1-2H3,(H,22,26). The van der Waals surface area contributed by atoms with Gasteiger partial charge in [-0.3, -0.25) is 4.79 Å². The second-order valence-corrected chi connectivity index (χ2v) is 7.30. The number of para-hydroxylation sites is 2. The molecule has 148 valence electrons. The molecular weight excluding hydrogens is 340 g/mol. The molecule has 0 unspecified atom stereocenters. The minimum atomic E-state index is 0.109. The zero-order chi connectivity index (χ0) is 19.1. The van der Waals surface area contributed by atoms with Gasteiger partial charge in [-0.15, -0.1) is 0 Å². The summed E-state index contributed by atoms with van der Waals surface area (Å²) in [6, 6.07) is 8.36. The van der Waals surface area contributed by atoms with Crippen molar-refractivity contribution < 1.29 is 9.53 Å². The topological polar surface area (TPSA) is 59.4 Å². The van der Waals surface area contributed by atoms with Crippen LogP contribution in [0.4, 0.5) is 5.95 Å². The molecule has 1 aliphatic rings. The second-order valence-electron chi connectivity index (χ2n) is 7.30. The summed E-state index contributed by atoms with van der Waals surface area (Å²) in [7, 11) is 1.69. The molecule has 0 radical (unpaired) electrons. The van der Waals surface area contributed by atoms with Gasteiger partial charge < -0.3 is 19.5 Å². The third kappa shape index (κ3) is 4.80. The third-order valence-corrected chi connectivity index (χ3v) is 5.34. The molecule has 6 heteroatoms. The molecule has 2 aromatic rings. The number of carbonyl (C=O) groups excluding carboxylic acids is 1. The monoisotopic (exact) mass is 372 g/mol. The molecule has 2 heterocycles. The highest BCUT2D eigenvalue weighted by molar-refractivity contribution is 5.80. The van der Waals surface area contributed by atoms with Crippen molar-refractivity contribution in [3.05, 3.63) is 24.3 Å². The van der Waals surface area contributed by atoms with E-state index in [0.29, 0.717) is 13.2 Å². The molecule has 0 atom stereocenters. The molecule has 1 fully saturated rings. The van der Waals surface area contributed by atoms with E-state index in [9.17, 15) is 4.79 Å². The number of aryl methyl sites for hydroxylation is 1. The van der Waals surface area contributed by atoms with Crippen LogP contribution in [-0.4, -0.2) is 48.8 Å². The number of amides is 1. The van der Waals surface area contributed by atoms with E-state index in [1.165, 1.54) is 5.52 Å². The van der Waals surface area contributed by atoms with Gasteiger partial charge in [-0.1, -0.05) is 25.5 Å². The van der Waals surface area contributed by atoms with Crippen molar-refractivity contribution in [2.75, 3.05) is 38.3 Å². The summed E-state index contributed by atoms with van der Waals surface area (Å²) in [6.45, 7) is 6.35. The predicted octanol–water partition coefficient (Wildman–Crippen LogP) is 3.21. The highest BCUT2D eigenvalue weighted by atomic mass is 16.5. The van der Waals surface area contributed by atoms with E-state index in [-0.39, 0.29) is 11.8 Å². The molecule has 27 heavy (non-hydrogen) atoms. The Morgan fingerprint density at radius 1 is 1.26 bits per heavy atom. The average Bonchev–Trinajstić information content (AvgIpc) is 3.08. The van der Waals surface area contributed by atoms with Crippen LogP contribution in [0.15, 0.2) is 24.3 Å². The summed E-state index contributed by atoms with van der Waals surface area (Å²) in [5, 5.41) is 3.04. The van der Waals surface area contributed by atoms with Crippen molar-refractivity contribution in [2.24, 2.45) is 5.92 Å². The molecule has 1 aliphatic heterocycles. The van der Waals surface area contributed by atoms with Gasteiger partial charge in [0.2, 0.25) is 11.9 Å². The lowest BCUT2D eigenvalue weighted by molar-refractivity contribution is -0.125. The number of imidazole rings is 1. The van der Waals surface area contributed by atoms with Gasteiger partial charge in [-0.2, -0.15) is 0 Å². The number of aromatic nitrogens is 2. The maximum absolute atomic E-state index is 12.4. The van der Waals surface area contributed by atoms with Crippen LogP contribution in [-0.2, 0) is 16.1 Å². The highest BCUT2D eigenvalue weighted by Gasteiger charge is 2.27. The number of nitrogens with zero attached hydrogens (tertiary/aromatic N) is 3. The fraction of sp³-hybridized carbons (Fsp3) is 0.619. The normalized spacial score (nSPS) is 15.4. The van der Waals surface area contributed by atoms with E-state index >= 15 is 0 Å². The Labute approximate surface area is 161 Å². The Bertz CT molecular complexity index is 735. The van der Waals surface area contributed by atoms with Crippen LogP contribution in [0.5, 0.6) is 0 Å². The zero-order valence-electron chi connectivity index (χ0n) is 16.6. The van der Waals surface area contributed by atoms with Gasteiger partial charge in [0, 0.05) is 45.8 Å². The fourth-order valence-electron chi connectivity index (χ4n) is 3.75. The maximum Gasteiger partial charge on any atom is 0.223 e. The smallest absolute Gasteiger partial charge is 0.223 e. The van der Waals surface area contributed by atoms with E-state index in [2.05, 4.69) is 39.9 Å². The van der Waals surface area contributed by atoms with Gasteiger partial charge in [0.25, 0.3) is 0 Å². The summed E-state index contributed by atoms with van der Waals surface area (Å²) < 4.78 is 7.38. The van der Waals surface area contributed by atoms with Crippen LogP contribution in [0.25, 0.3) is 11.0 Å². The minimum absolute atomic E-state index is 0.109. The van der Waals surface area contributed by atoms with E-state index < -0.39 is 0 Å². The number of nitrogens with one attached hydrogen (secondary N) is 1. The third-order valence-electron chi connectivity index (χ3n) is 5.34. The molecule has 0 aliphatic carbocycles. The number of hydrogen-bond acceptors (Lipinski definition) is 4. The Morgan fingerprint density at radius 3 is 2.78 bits per heavy atom. The van der Waals surface area contributed by atoms with Crippen molar-refractivity contribution in [3.8, 4) is 0 Å². The van der Waals surface area contributed by atoms with Gasteiger partial charge in [-0.25, -0.2) is 4.98 Å². The number of anilines is 1. The Kier molecular flexibility index (Phi) is 7.10. The number of rotatable bonds is 9. The van der Waals surface area contributed by atoms with E-state index in [1.54, 1.807) is 7.11 Å². The summed E-state index contributed by atoms with van der Waals surface area (Å²) >= 11 is 0.